The SMILES string of the molecule is CC1(C)O[C@@H]2[C@H](O1)[C@@H](CO)O[C@H]2n1cnc2c(N[C@H]3CCC[C@@H]3O)nncc21. The Morgan fingerprint density at radius 3 is 2.86 bits per heavy atom. The van der Waals surface area contributed by atoms with Crippen LogP contribution in [0.5, 0.6) is 0 Å². The highest BCUT2D eigenvalue weighted by Gasteiger charge is 2.55. The van der Waals surface area contributed by atoms with Gasteiger partial charge in [0.2, 0.25) is 0 Å². The molecule has 10 nitrogen and oxygen atoms in total. The van der Waals surface area contributed by atoms with Gasteiger partial charge >= 0.3 is 0 Å². The minimum absolute atomic E-state index is 0.0525. The average molecular weight is 391 g/mol. The van der Waals surface area contributed by atoms with Crippen LogP contribution < -0.4 is 5.32 Å². The zero-order valence-electron chi connectivity index (χ0n) is 15.9. The smallest absolute Gasteiger partial charge is 0.177 e. The summed E-state index contributed by atoms with van der Waals surface area (Å²) in [6.07, 6.45) is 3.84. The lowest BCUT2D eigenvalue weighted by molar-refractivity contribution is -0.199. The number of anilines is 1. The molecule has 3 fully saturated rings. The zero-order valence-corrected chi connectivity index (χ0v) is 15.9. The van der Waals surface area contributed by atoms with E-state index in [2.05, 4.69) is 20.5 Å². The van der Waals surface area contributed by atoms with Gasteiger partial charge in [-0.25, -0.2) is 4.98 Å². The first-order chi connectivity index (χ1) is 13.5. The van der Waals surface area contributed by atoms with E-state index in [-0.39, 0.29) is 24.9 Å². The molecule has 0 aromatic carbocycles. The van der Waals surface area contributed by atoms with Crippen LogP contribution in [-0.2, 0) is 14.2 Å². The maximum Gasteiger partial charge on any atom is 0.177 e. The molecule has 0 amide bonds. The number of aliphatic hydroxyl groups excluding tert-OH is 2. The molecule has 28 heavy (non-hydrogen) atoms. The molecule has 1 saturated carbocycles. The summed E-state index contributed by atoms with van der Waals surface area (Å²) in [5.41, 5.74) is 1.39. The number of nitrogens with zero attached hydrogens (tertiary/aromatic N) is 4. The van der Waals surface area contributed by atoms with Crippen molar-refractivity contribution in [3.05, 3.63) is 12.5 Å². The van der Waals surface area contributed by atoms with Gasteiger partial charge in [-0.3, -0.25) is 4.57 Å². The number of hydrogen-bond donors (Lipinski definition) is 3. The summed E-state index contributed by atoms with van der Waals surface area (Å²) in [7, 11) is 0. The number of fused-ring (bicyclic) bond motifs is 2. The lowest BCUT2D eigenvalue weighted by Crippen LogP contribution is -2.31. The Labute approximate surface area is 161 Å². The summed E-state index contributed by atoms with van der Waals surface area (Å²) < 4.78 is 19.9. The Balaban J connectivity index is 1.48. The van der Waals surface area contributed by atoms with Crippen molar-refractivity contribution >= 4 is 16.9 Å². The van der Waals surface area contributed by atoms with Gasteiger partial charge in [0.1, 0.15) is 23.8 Å². The summed E-state index contributed by atoms with van der Waals surface area (Å²) in [6.45, 7) is 3.54. The van der Waals surface area contributed by atoms with Crippen LogP contribution in [0, 0.1) is 0 Å². The normalized spacial score (nSPS) is 36.9. The monoisotopic (exact) mass is 391 g/mol. The van der Waals surface area contributed by atoms with E-state index in [0.29, 0.717) is 11.3 Å². The van der Waals surface area contributed by atoms with Crippen LogP contribution >= 0.6 is 0 Å². The second kappa shape index (κ2) is 6.60. The molecule has 0 spiro atoms. The van der Waals surface area contributed by atoms with E-state index in [0.717, 1.165) is 24.8 Å². The number of aromatic nitrogens is 4. The van der Waals surface area contributed by atoms with Crippen molar-refractivity contribution in [3.8, 4) is 0 Å². The third-order valence-corrected chi connectivity index (χ3v) is 5.78. The second-order valence-corrected chi connectivity index (χ2v) is 8.14. The first-order valence-electron chi connectivity index (χ1n) is 9.71. The topological polar surface area (TPSA) is 124 Å². The van der Waals surface area contributed by atoms with Gasteiger partial charge in [-0.15, -0.1) is 5.10 Å². The standard InChI is InChI=1S/C18H25N5O5/c1-18(2)27-14-12(7-24)26-17(15(14)28-18)23-8-19-13-10(23)6-20-22-16(13)21-9-4-3-5-11(9)25/h6,8-9,11-12,14-15,17,24-25H,3-5,7H2,1-2H3,(H,21,22)/t9-,11-,12+,14+,15+,17+/m0/s1. The summed E-state index contributed by atoms with van der Waals surface area (Å²) in [5.74, 6) is -0.203. The number of imidazole rings is 1. The quantitative estimate of drug-likeness (QED) is 0.686. The molecule has 3 N–H and O–H groups in total. The van der Waals surface area contributed by atoms with E-state index in [9.17, 15) is 10.2 Å². The fraction of sp³-hybridized carbons (Fsp3) is 0.722. The van der Waals surface area contributed by atoms with Crippen LogP contribution in [0.1, 0.15) is 39.3 Å². The molecule has 0 radical (unpaired) electrons. The van der Waals surface area contributed by atoms with E-state index in [1.807, 2.05) is 18.4 Å². The van der Waals surface area contributed by atoms with E-state index in [1.54, 1.807) is 12.5 Å². The molecule has 2 saturated heterocycles. The first-order valence-corrected chi connectivity index (χ1v) is 9.71. The minimum atomic E-state index is -0.744. The molecule has 152 valence electrons. The van der Waals surface area contributed by atoms with Crippen molar-refractivity contribution in [2.75, 3.05) is 11.9 Å². The third-order valence-electron chi connectivity index (χ3n) is 5.78. The van der Waals surface area contributed by atoms with Crippen molar-refractivity contribution in [1.82, 2.24) is 19.7 Å². The fourth-order valence-electron chi connectivity index (χ4n) is 4.48. The molecule has 1 aliphatic carbocycles. The lowest BCUT2D eigenvalue weighted by atomic mass is 10.1. The van der Waals surface area contributed by atoms with Crippen LogP contribution in [0.3, 0.4) is 0 Å². The highest BCUT2D eigenvalue weighted by atomic mass is 16.8. The molecule has 10 heteroatoms. The van der Waals surface area contributed by atoms with Crippen molar-refractivity contribution in [2.45, 2.75) is 75.6 Å². The first kappa shape index (κ1) is 18.2. The van der Waals surface area contributed by atoms with Crippen LogP contribution in [-0.4, -0.2) is 72.8 Å². The predicted molar refractivity (Wildman–Crippen MR) is 97.4 cm³/mol. The van der Waals surface area contributed by atoms with Crippen molar-refractivity contribution < 1.29 is 24.4 Å². The van der Waals surface area contributed by atoms with Gasteiger partial charge in [-0.05, 0) is 33.1 Å². The lowest BCUT2D eigenvalue weighted by Gasteiger charge is -2.24. The molecule has 5 rings (SSSR count). The molecule has 0 bridgehead atoms. The third kappa shape index (κ3) is 2.87. The maximum absolute atomic E-state index is 10.1. The van der Waals surface area contributed by atoms with E-state index >= 15 is 0 Å². The molecule has 4 heterocycles. The largest absolute Gasteiger partial charge is 0.394 e. The van der Waals surface area contributed by atoms with Crippen molar-refractivity contribution in [2.24, 2.45) is 0 Å². The van der Waals surface area contributed by atoms with E-state index < -0.39 is 24.2 Å². The summed E-state index contributed by atoms with van der Waals surface area (Å²) in [4.78, 5) is 4.51. The molecule has 2 aromatic heterocycles. The molecular weight excluding hydrogens is 366 g/mol. The Kier molecular flexibility index (Phi) is 4.29. The summed E-state index contributed by atoms with van der Waals surface area (Å²) >= 11 is 0. The van der Waals surface area contributed by atoms with Crippen LogP contribution in [0.15, 0.2) is 12.5 Å². The summed E-state index contributed by atoms with van der Waals surface area (Å²) in [5, 5.41) is 31.4. The Morgan fingerprint density at radius 1 is 1.29 bits per heavy atom. The van der Waals surface area contributed by atoms with Crippen LogP contribution in [0.4, 0.5) is 5.82 Å². The molecule has 2 aliphatic heterocycles. The van der Waals surface area contributed by atoms with Crippen LogP contribution in [0.25, 0.3) is 11.0 Å². The van der Waals surface area contributed by atoms with Crippen molar-refractivity contribution in [3.63, 3.8) is 0 Å². The number of hydrogen-bond acceptors (Lipinski definition) is 9. The van der Waals surface area contributed by atoms with Gasteiger partial charge in [-0.2, -0.15) is 5.10 Å². The van der Waals surface area contributed by atoms with Gasteiger partial charge < -0.3 is 29.7 Å². The Bertz CT molecular complexity index is 873. The highest BCUT2D eigenvalue weighted by Crippen LogP contribution is 2.43. The molecular formula is C18H25N5O5. The Morgan fingerprint density at radius 2 is 2.11 bits per heavy atom. The zero-order chi connectivity index (χ0) is 19.5. The number of ether oxygens (including phenoxy) is 3. The van der Waals surface area contributed by atoms with Gasteiger partial charge in [0.05, 0.1) is 36.8 Å². The van der Waals surface area contributed by atoms with Gasteiger partial charge in [0.15, 0.2) is 17.8 Å². The molecule has 0 unspecified atom stereocenters. The Hall–Kier alpha value is -1.85. The molecule has 6 atom stereocenters. The number of rotatable bonds is 4. The van der Waals surface area contributed by atoms with E-state index in [1.165, 1.54) is 0 Å². The van der Waals surface area contributed by atoms with Gasteiger partial charge in [0, 0.05) is 0 Å². The van der Waals surface area contributed by atoms with Gasteiger partial charge in [-0.1, -0.05) is 0 Å². The average Bonchev–Trinajstić information content (AvgIpc) is 3.39. The van der Waals surface area contributed by atoms with E-state index in [4.69, 9.17) is 14.2 Å². The highest BCUT2D eigenvalue weighted by molar-refractivity contribution is 5.85. The fourth-order valence-corrected chi connectivity index (χ4v) is 4.48. The second-order valence-electron chi connectivity index (χ2n) is 8.14. The number of nitrogens with one attached hydrogen (secondary N) is 1. The molecule has 3 aliphatic rings. The van der Waals surface area contributed by atoms with Gasteiger partial charge in [0.25, 0.3) is 0 Å². The predicted octanol–water partition coefficient (Wildman–Crippen LogP) is 0.561. The molecule has 2 aromatic rings. The van der Waals surface area contributed by atoms with Crippen LogP contribution in [0.2, 0.25) is 0 Å². The maximum atomic E-state index is 10.1. The minimum Gasteiger partial charge on any atom is -0.394 e. The number of aliphatic hydroxyl groups is 2. The summed E-state index contributed by atoms with van der Waals surface area (Å²) in [6, 6.07) is -0.0525. The van der Waals surface area contributed by atoms with Crippen molar-refractivity contribution in [1.29, 1.82) is 0 Å².